The summed E-state index contributed by atoms with van der Waals surface area (Å²) >= 11 is 0. The normalized spacial score (nSPS) is 19.4. The molecule has 0 radical (unpaired) electrons. The number of nitrogens with zero attached hydrogens (tertiary/aromatic N) is 5. The van der Waals surface area contributed by atoms with E-state index in [1.54, 1.807) is 16.9 Å². The van der Waals surface area contributed by atoms with E-state index in [-0.39, 0.29) is 30.2 Å². The first-order valence-electron chi connectivity index (χ1n) is 10.6. The number of aromatic nitrogens is 4. The molecule has 168 valence electrons. The first-order valence-corrected chi connectivity index (χ1v) is 10.6. The van der Waals surface area contributed by atoms with E-state index in [0.717, 1.165) is 31.2 Å². The number of pyridine rings is 1. The van der Waals surface area contributed by atoms with Gasteiger partial charge < -0.3 is 20.3 Å². The number of halogens is 1. The fourth-order valence-electron chi connectivity index (χ4n) is 3.91. The first-order chi connectivity index (χ1) is 15.6. The molecule has 3 aromatic heterocycles. The molecule has 1 aliphatic rings. The average molecular weight is 440 g/mol. The van der Waals surface area contributed by atoms with E-state index in [1.165, 1.54) is 0 Å². The number of hydrogen-bond acceptors (Lipinski definition) is 8. The van der Waals surface area contributed by atoms with Crippen LogP contribution in [0.15, 0.2) is 30.6 Å². The molecule has 0 amide bonds. The van der Waals surface area contributed by atoms with Crippen LogP contribution in [0.3, 0.4) is 0 Å². The Labute approximate surface area is 184 Å². The van der Waals surface area contributed by atoms with Crippen LogP contribution in [-0.4, -0.2) is 55.2 Å². The number of rotatable bonds is 8. The third-order valence-corrected chi connectivity index (χ3v) is 5.68. The Hall–Kier alpha value is -3.29. The molecule has 1 aliphatic carbocycles. The highest BCUT2D eigenvalue weighted by Crippen LogP contribution is 2.32. The maximum Gasteiger partial charge on any atom is 0.256 e. The maximum atomic E-state index is 15.2. The molecule has 0 bridgehead atoms. The summed E-state index contributed by atoms with van der Waals surface area (Å²) < 4.78 is 22.2. The number of hydrogen-bond donors (Lipinski definition) is 3. The van der Waals surface area contributed by atoms with E-state index in [2.05, 4.69) is 26.5 Å². The van der Waals surface area contributed by atoms with Gasteiger partial charge in [-0.15, -0.1) is 0 Å². The fraction of sp³-hybridized carbons (Fsp3) is 0.455. The van der Waals surface area contributed by atoms with Crippen LogP contribution in [0.25, 0.3) is 16.9 Å². The number of fused-ring (bicyclic) bond motifs is 1. The SMILES string of the molecule is N#CCC1CCC(Nc2nc(-c3cnn4ccccc34)nc(OC[C@@H](O)CO)c2F)CC1. The van der Waals surface area contributed by atoms with E-state index in [9.17, 15) is 5.11 Å². The third kappa shape index (κ3) is 4.79. The molecule has 1 saturated carbocycles. The molecule has 3 aromatic rings. The Kier molecular flexibility index (Phi) is 6.78. The summed E-state index contributed by atoms with van der Waals surface area (Å²) in [6.45, 7) is -0.817. The molecule has 32 heavy (non-hydrogen) atoms. The topological polar surface area (TPSA) is 129 Å². The lowest BCUT2D eigenvalue weighted by atomic mass is 9.84. The predicted molar refractivity (Wildman–Crippen MR) is 114 cm³/mol. The summed E-state index contributed by atoms with van der Waals surface area (Å²) in [7, 11) is 0. The zero-order valence-electron chi connectivity index (χ0n) is 17.5. The van der Waals surface area contributed by atoms with Gasteiger partial charge in [-0.3, -0.25) is 0 Å². The summed E-state index contributed by atoms with van der Waals surface area (Å²) in [6, 6.07) is 7.79. The van der Waals surface area contributed by atoms with Crippen molar-refractivity contribution in [2.45, 2.75) is 44.2 Å². The Balaban J connectivity index is 1.64. The second kappa shape index (κ2) is 9.89. The molecule has 3 heterocycles. The van der Waals surface area contributed by atoms with Crippen molar-refractivity contribution in [3.05, 3.63) is 36.4 Å². The summed E-state index contributed by atoms with van der Waals surface area (Å²) in [5.74, 6) is -0.432. The van der Waals surface area contributed by atoms with Crippen molar-refractivity contribution in [1.29, 1.82) is 5.26 Å². The number of aliphatic hydroxyl groups excluding tert-OH is 2. The molecule has 0 aromatic carbocycles. The van der Waals surface area contributed by atoms with Crippen LogP contribution < -0.4 is 10.1 Å². The summed E-state index contributed by atoms with van der Waals surface area (Å²) in [5, 5.41) is 35.0. The Morgan fingerprint density at radius 2 is 2.09 bits per heavy atom. The monoisotopic (exact) mass is 440 g/mol. The van der Waals surface area contributed by atoms with E-state index >= 15 is 4.39 Å². The van der Waals surface area contributed by atoms with E-state index in [4.69, 9.17) is 15.1 Å². The minimum Gasteiger partial charge on any atom is -0.473 e. The number of aliphatic hydroxyl groups is 2. The third-order valence-electron chi connectivity index (χ3n) is 5.68. The molecule has 9 nitrogen and oxygen atoms in total. The summed E-state index contributed by atoms with van der Waals surface area (Å²) in [6.07, 6.45) is 6.18. The van der Waals surface area contributed by atoms with E-state index in [0.29, 0.717) is 17.9 Å². The van der Waals surface area contributed by atoms with E-state index < -0.39 is 18.5 Å². The second-order valence-corrected chi connectivity index (χ2v) is 7.98. The largest absolute Gasteiger partial charge is 0.473 e. The van der Waals surface area contributed by atoms with Crippen LogP contribution in [0.1, 0.15) is 32.1 Å². The number of nitriles is 1. The van der Waals surface area contributed by atoms with Gasteiger partial charge in [0, 0.05) is 18.7 Å². The lowest BCUT2D eigenvalue weighted by Crippen LogP contribution is -2.27. The minimum atomic E-state index is -1.16. The molecule has 4 rings (SSSR count). The highest BCUT2D eigenvalue weighted by molar-refractivity contribution is 5.76. The maximum absolute atomic E-state index is 15.2. The molecule has 0 aliphatic heterocycles. The van der Waals surface area contributed by atoms with Gasteiger partial charge >= 0.3 is 0 Å². The van der Waals surface area contributed by atoms with Crippen molar-refractivity contribution in [3.8, 4) is 23.3 Å². The Bertz CT molecular complexity index is 1110. The van der Waals surface area contributed by atoms with Gasteiger partial charge in [0.1, 0.15) is 12.7 Å². The van der Waals surface area contributed by atoms with Crippen LogP contribution >= 0.6 is 0 Å². The van der Waals surface area contributed by atoms with Crippen molar-refractivity contribution in [2.24, 2.45) is 5.92 Å². The minimum absolute atomic E-state index is 0.0157. The van der Waals surface area contributed by atoms with Gasteiger partial charge in [-0.2, -0.15) is 19.7 Å². The van der Waals surface area contributed by atoms with Crippen LogP contribution in [0.2, 0.25) is 0 Å². The molecule has 10 heteroatoms. The van der Waals surface area contributed by atoms with Crippen LogP contribution in [-0.2, 0) is 0 Å². The van der Waals surface area contributed by atoms with E-state index in [1.807, 2.05) is 18.2 Å². The number of nitrogens with one attached hydrogen (secondary N) is 1. The van der Waals surface area contributed by atoms with Crippen LogP contribution in [0, 0.1) is 23.1 Å². The van der Waals surface area contributed by atoms with Gasteiger partial charge in [0.05, 0.1) is 30.0 Å². The van der Waals surface area contributed by atoms with Crippen molar-refractivity contribution in [3.63, 3.8) is 0 Å². The highest BCUT2D eigenvalue weighted by atomic mass is 19.1. The van der Waals surface area contributed by atoms with Crippen molar-refractivity contribution in [2.75, 3.05) is 18.5 Å². The molecule has 0 spiro atoms. The molecular weight excluding hydrogens is 415 g/mol. The fourth-order valence-corrected chi connectivity index (χ4v) is 3.91. The lowest BCUT2D eigenvalue weighted by molar-refractivity contribution is 0.0507. The quantitative estimate of drug-likeness (QED) is 0.487. The zero-order chi connectivity index (χ0) is 22.5. The smallest absolute Gasteiger partial charge is 0.256 e. The standard InChI is InChI=1S/C22H25FN6O3/c23-19-21(26-15-6-4-14(5-7-15)8-9-24)27-20(28-22(19)32-13-16(31)12-30)17-11-25-29-10-2-1-3-18(17)29/h1-3,10-11,14-16,30-31H,4-8,12-13H2,(H,26,27,28)/t14?,15?,16-/m0/s1. The van der Waals surface area contributed by atoms with Crippen molar-refractivity contribution < 1.29 is 19.3 Å². The van der Waals surface area contributed by atoms with Gasteiger partial charge in [-0.25, -0.2) is 9.50 Å². The highest BCUT2D eigenvalue weighted by Gasteiger charge is 2.25. The lowest BCUT2D eigenvalue weighted by Gasteiger charge is -2.28. The average Bonchev–Trinajstić information content (AvgIpc) is 3.25. The molecule has 0 saturated heterocycles. The predicted octanol–water partition coefficient (Wildman–Crippen LogP) is 2.55. The molecule has 0 unspecified atom stereocenters. The van der Waals surface area contributed by atoms with Gasteiger partial charge in [0.15, 0.2) is 11.6 Å². The van der Waals surface area contributed by atoms with Crippen molar-refractivity contribution >= 4 is 11.3 Å². The zero-order valence-corrected chi connectivity index (χ0v) is 17.5. The first kappa shape index (κ1) is 21.9. The van der Waals surface area contributed by atoms with Gasteiger partial charge in [-0.1, -0.05) is 6.07 Å². The van der Waals surface area contributed by atoms with Crippen LogP contribution in [0.4, 0.5) is 10.2 Å². The van der Waals surface area contributed by atoms with Crippen molar-refractivity contribution in [1.82, 2.24) is 19.6 Å². The molecular formula is C22H25FN6O3. The number of anilines is 1. The number of ether oxygens (including phenoxy) is 1. The molecule has 1 fully saturated rings. The van der Waals surface area contributed by atoms with Gasteiger partial charge in [-0.05, 0) is 43.7 Å². The molecule has 1 atom stereocenters. The summed E-state index contributed by atoms with van der Waals surface area (Å²) in [5.41, 5.74) is 1.36. The Morgan fingerprint density at radius 1 is 1.28 bits per heavy atom. The van der Waals surface area contributed by atoms with Crippen LogP contribution in [0.5, 0.6) is 5.88 Å². The summed E-state index contributed by atoms with van der Waals surface area (Å²) in [4.78, 5) is 8.66. The second-order valence-electron chi connectivity index (χ2n) is 7.98. The van der Waals surface area contributed by atoms with Gasteiger partial charge in [0.25, 0.3) is 5.88 Å². The molecule has 3 N–H and O–H groups in total. The van der Waals surface area contributed by atoms with Gasteiger partial charge in [0.2, 0.25) is 5.82 Å². The Morgan fingerprint density at radius 3 is 2.84 bits per heavy atom.